The molecule has 8 heteroatoms. The Morgan fingerprint density at radius 3 is 2.29 bits per heavy atom. The minimum atomic E-state index is -0.978. The monoisotopic (exact) mass is 497 g/mol. The van der Waals surface area contributed by atoms with Gasteiger partial charge in [-0.2, -0.15) is 5.10 Å². The van der Waals surface area contributed by atoms with Gasteiger partial charge in [0.15, 0.2) is 5.82 Å². The van der Waals surface area contributed by atoms with Crippen molar-refractivity contribution in [3.05, 3.63) is 48.0 Å². The summed E-state index contributed by atoms with van der Waals surface area (Å²) < 4.78 is 14.1. The quantitative estimate of drug-likeness (QED) is 0.477. The summed E-state index contributed by atoms with van der Waals surface area (Å²) in [7, 11) is -0.978. The van der Waals surface area contributed by atoms with Crippen molar-refractivity contribution in [3.63, 3.8) is 0 Å². The molecule has 2 N–H and O–H groups in total. The van der Waals surface area contributed by atoms with E-state index in [2.05, 4.69) is 32.5 Å². The second kappa shape index (κ2) is 13.3. The molecule has 0 spiro atoms. The Kier molecular flexibility index (Phi) is 10.1. The molecule has 1 aromatic heterocycles. The maximum absolute atomic E-state index is 12.7. The predicted molar refractivity (Wildman–Crippen MR) is 149 cm³/mol. The zero-order valence-electron chi connectivity index (χ0n) is 21.5. The fourth-order valence-electron chi connectivity index (χ4n) is 4.38. The number of carbonyl (C=O) groups is 1. The van der Waals surface area contributed by atoms with Crippen molar-refractivity contribution in [2.45, 2.75) is 59.8 Å². The lowest BCUT2D eigenvalue weighted by Crippen LogP contribution is -2.29. The van der Waals surface area contributed by atoms with Crippen molar-refractivity contribution >= 4 is 45.0 Å². The first kappa shape index (κ1) is 26.7. The number of benzene rings is 2. The molecular weight excluding hydrogens is 458 g/mol. The number of nitrogens with zero attached hydrogens (tertiary/aromatic N) is 3. The normalized spacial score (nSPS) is 17.3. The number of H-pyrrole nitrogens is 1. The van der Waals surface area contributed by atoms with E-state index in [4.69, 9.17) is 0 Å². The number of fused-ring (bicyclic) bond motifs is 1. The maximum atomic E-state index is 12.7. The lowest BCUT2D eigenvalue weighted by atomic mass is 10.1. The van der Waals surface area contributed by atoms with Gasteiger partial charge >= 0.3 is 0 Å². The van der Waals surface area contributed by atoms with Crippen LogP contribution in [0.1, 0.15) is 58.9 Å². The minimum absolute atomic E-state index is 0.103. The summed E-state index contributed by atoms with van der Waals surface area (Å²) in [6, 6.07) is 14.1. The van der Waals surface area contributed by atoms with Gasteiger partial charge in [-0.1, -0.05) is 39.8 Å². The summed E-state index contributed by atoms with van der Waals surface area (Å²) in [6.07, 6.45) is 5.03. The van der Waals surface area contributed by atoms with Crippen LogP contribution in [0, 0.1) is 0 Å². The van der Waals surface area contributed by atoms with Crippen LogP contribution in [-0.2, 0) is 22.2 Å². The Balaban J connectivity index is 0.000000815. The van der Waals surface area contributed by atoms with Crippen LogP contribution in [0.5, 0.6) is 0 Å². The number of hydrogen-bond donors (Lipinski definition) is 2. The summed E-state index contributed by atoms with van der Waals surface area (Å²) >= 11 is 0. The number of hydrogen-bond acceptors (Lipinski definition) is 4. The fraction of sp³-hybridized carbons (Fsp3) is 0.481. The summed E-state index contributed by atoms with van der Waals surface area (Å²) in [6.45, 7) is 11.0. The second-order valence-electron chi connectivity index (χ2n) is 8.22. The van der Waals surface area contributed by atoms with Crippen molar-refractivity contribution in [2.75, 3.05) is 39.9 Å². The lowest BCUT2D eigenvalue weighted by Gasteiger charge is -2.28. The van der Waals surface area contributed by atoms with E-state index >= 15 is 0 Å². The number of aromatic nitrogens is 2. The molecule has 3 heterocycles. The second-order valence-corrected chi connectivity index (χ2v) is 9.71. The summed E-state index contributed by atoms with van der Waals surface area (Å²) in [5.74, 6) is 1.11. The predicted octanol–water partition coefficient (Wildman–Crippen LogP) is 5.66. The zero-order valence-corrected chi connectivity index (χ0v) is 22.3. The highest BCUT2D eigenvalue weighted by Gasteiger charge is 2.21. The standard InChI is InChI=1S/C23H27N5O2S.2C2H6/c29-22(15-17-5-7-18(8-6-17)27-11-2-1-3-12-27)24-23-20-16-19(9-10-21(20)25-26-23)28-13-4-14-31(28)30;2*1-2/h5-10,16H,1-4,11-15H2,(H2,24,25,26,29);2*1-2H3. The minimum Gasteiger partial charge on any atom is -0.372 e. The van der Waals surface area contributed by atoms with Crippen LogP contribution in [0.25, 0.3) is 10.9 Å². The Bertz CT molecular complexity index is 1110. The fourth-order valence-corrected chi connectivity index (χ4v) is 5.66. The third kappa shape index (κ3) is 6.63. The molecule has 3 aromatic rings. The van der Waals surface area contributed by atoms with Crippen LogP contribution >= 0.6 is 0 Å². The molecule has 35 heavy (non-hydrogen) atoms. The molecule has 2 aliphatic heterocycles. The molecular formula is C27H39N5O2S. The van der Waals surface area contributed by atoms with E-state index in [0.29, 0.717) is 18.0 Å². The zero-order chi connectivity index (χ0) is 25.2. The molecule has 5 rings (SSSR count). The van der Waals surface area contributed by atoms with Crippen molar-refractivity contribution in [2.24, 2.45) is 0 Å². The van der Waals surface area contributed by atoms with Crippen LogP contribution in [0.4, 0.5) is 17.2 Å². The Morgan fingerprint density at radius 1 is 0.943 bits per heavy atom. The van der Waals surface area contributed by atoms with Crippen LogP contribution in [0.15, 0.2) is 42.5 Å². The lowest BCUT2D eigenvalue weighted by molar-refractivity contribution is -0.115. The molecule has 0 radical (unpaired) electrons. The molecule has 2 aliphatic rings. The van der Waals surface area contributed by atoms with Gasteiger partial charge in [0.05, 0.1) is 17.6 Å². The number of carbonyl (C=O) groups excluding carboxylic acids is 1. The highest BCUT2D eigenvalue weighted by Crippen LogP contribution is 2.29. The van der Waals surface area contributed by atoms with Gasteiger partial charge in [0.25, 0.3) is 0 Å². The number of aromatic amines is 1. The van der Waals surface area contributed by atoms with E-state index in [9.17, 15) is 9.00 Å². The summed E-state index contributed by atoms with van der Waals surface area (Å²) in [5.41, 5.74) is 3.95. The van der Waals surface area contributed by atoms with E-state index in [1.54, 1.807) is 0 Å². The summed E-state index contributed by atoms with van der Waals surface area (Å²) in [4.78, 5) is 15.1. The smallest absolute Gasteiger partial charge is 0.230 e. The Morgan fingerprint density at radius 2 is 1.63 bits per heavy atom. The number of nitrogens with one attached hydrogen (secondary N) is 2. The van der Waals surface area contributed by atoms with Gasteiger partial charge in [-0.25, -0.2) is 4.21 Å². The van der Waals surface area contributed by atoms with Gasteiger partial charge in [0.2, 0.25) is 5.91 Å². The van der Waals surface area contributed by atoms with E-state index < -0.39 is 11.0 Å². The van der Waals surface area contributed by atoms with Crippen molar-refractivity contribution in [3.8, 4) is 0 Å². The highest BCUT2D eigenvalue weighted by atomic mass is 32.2. The van der Waals surface area contributed by atoms with Crippen molar-refractivity contribution < 1.29 is 9.00 Å². The molecule has 1 amide bonds. The van der Waals surface area contributed by atoms with Crippen LogP contribution < -0.4 is 14.5 Å². The third-order valence-corrected chi connectivity index (χ3v) is 7.56. The SMILES string of the molecule is CC.CC.O=C(Cc1ccc(N2CCCCC2)cc1)Nc1n[nH]c2ccc(N3CCCS3=O)cc12. The largest absolute Gasteiger partial charge is 0.372 e. The number of anilines is 3. The maximum Gasteiger partial charge on any atom is 0.230 e. The highest BCUT2D eigenvalue weighted by molar-refractivity contribution is 7.86. The van der Waals surface area contributed by atoms with Gasteiger partial charge < -0.3 is 10.2 Å². The van der Waals surface area contributed by atoms with Gasteiger partial charge in [-0.05, 0) is 61.6 Å². The first-order valence-corrected chi connectivity index (χ1v) is 14.2. The summed E-state index contributed by atoms with van der Waals surface area (Å²) in [5, 5.41) is 11.0. The van der Waals surface area contributed by atoms with E-state index in [0.717, 1.165) is 48.2 Å². The number of rotatable bonds is 5. The average molecular weight is 498 g/mol. The molecule has 0 aliphatic carbocycles. The molecule has 2 saturated heterocycles. The van der Waals surface area contributed by atoms with Crippen molar-refractivity contribution in [1.29, 1.82) is 0 Å². The first-order valence-electron chi connectivity index (χ1n) is 13.0. The van der Waals surface area contributed by atoms with E-state index in [1.807, 2.05) is 62.3 Å². The topological polar surface area (TPSA) is 81.3 Å². The Labute approximate surface area is 211 Å². The van der Waals surface area contributed by atoms with Crippen LogP contribution in [0.2, 0.25) is 0 Å². The molecule has 2 aromatic carbocycles. The molecule has 2 fully saturated rings. The number of amides is 1. The molecule has 1 unspecified atom stereocenters. The van der Waals surface area contributed by atoms with Gasteiger partial charge in [-0.15, -0.1) is 0 Å². The van der Waals surface area contributed by atoms with Gasteiger partial charge in [-0.3, -0.25) is 14.2 Å². The first-order chi connectivity index (χ1) is 17.2. The average Bonchev–Trinajstić information content (AvgIpc) is 3.53. The number of piperidine rings is 1. The van der Waals surface area contributed by atoms with Crippen LogP contribution in [-0.4, -0.2) is 45.7 Å². The van der Waals surface area contributed by atoms with E-state index in [-0.39, 0.29) is 5.91 Å². The third-order valence-electron chi connectivity index (χ3n) is 6.04. The molecule has 0 bridgehead atoms. The Hall–Kier alpha value is -2.87. The van der Waals surface area contributed by atoms with Gasteiger partial charge in [0.1, 0.15) is 11.0 Å². The molecule has 7 nitrogen and oxygen atoms in total. The van der Waals surface area contributed by atoms with Gasteiger partial charge in [0, 0.05) is 36.5 Å². The molecule has 190 valence electrons. The molecule has 0 saturated carbocycles. The van der Waals surface area contributed by atoms with Crippen LogP contribution in [0.3, 0.4) is 0 Å². The molecule has 1 atom stereocenters. The van der Waals surface area contributed by atoms with E-state index in [1.165, 1.54) is 24.9 Å². The van der Waals surface area contributed by atoms with Crippen molar-refractivity contribution in [1.82, 2.24) is 10.2 Å².